The van der Waals surface area contributed by atoms with Crippen LogP contribution in [0.4, 0.5) is 0 Å². The number of aliphatic hydroxyl groups excluding tert-OH is 1. The van der Waals surface area contributed by atoms with Crippen LogP contribution in [-0.4, -0.2) is 61.3 Å². The van der Waals surface area contributed by atoms with E-state index < -0.39 is 6.10 Å². The summed E-state index contributed by atoms with van der Waals surface area (Å²) in [6.45, 7) is 2.26. The van der Waals surface area contributed by atoms with Crippen molar-refractivity contribution in [3.8, 4) is 6.01 Å². The lowest BCUT2D eigenvalue weighted by Gasteiger charge is -2.33. The van der Waals surface area contributed by atoms with Gasteiger partial charge in [0.05, 0.1) is 26.4 Å². The van der Waals surface area contributed by atoms with Crippen molar-refractivity contribution in [1.29, 1.82) is 0 Å². The SMILES string of the molecule is COc1ncc(CNC[C@@H]2COC[C@@H](OC)[C@H]2O)cn1. The highest BCUT2D eigenvalue weighted by atomic mass is 16.5. The van der Waals surface area contributed by atoms with Gasteiger partial charge in [-0.05, 0) is 0 Å². The molecular weight excluding hydrogens is 262 g/mol. The fraction of sp³-hybridized carbons (Fsp3) is 0.692. The topological polar surface area (TPSA) is 85.7 Å². The molecule has 2 rings (SSSR count). The number of methoxy groups -OCH3 is 2. The van der Waals surface area contributed by atoms with Gasteiger partial charge in [-0.2, -0.15) is 0 Å². The minimum atomic E-state index is -0.506. The van der Waals surface area contributed by atoms with E-state index in [2.05, 4.69) is 15.3 Å². The lowest BCUT2D eigenvalue weighted by atomic mass is 9.96. The minimum Gasteiger partial charge on any atom is -0.467 e. The van der Waals surface area contributed by atoms with E-state index in [9.17, 15) is 5.11 Å². The molecule has 7 nitrogen and oxygen atoms in total. The molecule has 3 atom stereocenters. The van der Waals surface area contributed by atoms with E-state index in [1.54, 1.807) is 19.5 Å². The molecule has 2 heterocycles. The first-order chi connectivity index (χ1) is 9.74. The van der Waals surface area contributed by atoms with Crippen LogP contribution in [0.2, 0.25) is 0 Å². The maximum absolute atomic E-state index is 10.1. The van der Waals surface area contributed by atoms with Gasteiger partial charge in [-0.15, -0.1) is 0 Å². The number of rotatable bonds is 6. The lowest BCUT2D eigenvalue weighted by molar-refractivity contribution is -0.133. The van der Waals surface area contributed by atoms with E-state index >= 15 is 0 Å². The van der Waals surface area contributed by atoms with Crippen LogP contribution in [0.3, 0.4) is 0 Å². The normalized spacial score (nSPS) is 26.4. The monoisotopic (exact) mass is 283 g/mol. The lowest BCUT2D eigenvalue weighted by Crippen LogP contribution is -2.48. The molecule has 1 fully saturated rings. The molecule has 0 aliphatic carbocycles. The second-order valence-corrected chi connectivity index (χ2v) is 4.77. The average molecular weight is 283 g/mol. The Bertz CT molecular complexity index is 401. The molecule has 7 heteroatoms. The van der Waals surface area contributed by atoms with Gasteiger partial charge in [0.25, 0.3) is 0 Å². The molecule has 0 amide bonds. The van der Waals surface area contributed by atoms with Gasteiger partial charge in [0.2, 0.25) is 0 Å². The van der Waals surface area contributed by atoms with Crippen molar-refractivity contribution in [3.05, 3.63) is 18.0 Å². The van der Waals surface area contributed by atoms with Gasteiger partial charge >= 0.3 is 6.01 Å². The number of nitrogens with zero attached hydrogens (tertiary/aromatic N) is 2. The van der Waals surface area contributed by atoms with Crippen molar-refractivity contribution >= 4 is 0 Å². The highest BCUT2D eigenvalue weighted by molar-refractivity contribution is 5.07. The molecule has 112 valence electrons. The number of ether oxygens (including phenoxy) is 3. The third kappa shape index (κ3) is 3.86. The number of nitrogens with one attached hydrogen (secondary N) is 1. The van der Waals surface area contributed by atoms with Crippen LogP contribution in [0.15, 0.2) is 12.4 Å². The molecular formula is C13H21N3O4. The van der Waals surface area contributed by atoms with Crippen LogP contribution in [0.5, 0.6) is 6.01 Å². The zero-order valence-electron chi connectivity index (χ0n) is 11.8. The molecule has 0 aromatic carbocycles. The van der Waals surface area contributed by atoms with Gasteiger partial charge in [-0.3, -0.25) is 0 Å². The van der Waals surface area contributed by atoms with E-state index in [1.807, 2.05) is 0 Å². The molecule has 0 radical (unpaired) electrons. The second kappa shape index (κ2) is 7.49. The zero-order valence-corrected chi connectivity index (χ0v) is 11.8. The first kappa shape index (κ1) is 15.1. The number of hydrogen-bond donors (Lipinski definition) is 2. The van der Waals surface area contributed by atoms with Gasteiger partial charge in [0, 0.05) is 44.1 Å². The molecule has 2 N–H and O–H groups in total. The summed E-state index contributed by atoms with van der Waals surface area (Å²) in [5.74, 6) is 0.0212. The molecule has 0 spiro atoms. The molecule has 0 unspecified atom stereocenters. The van der Waals surface area contributed by atoms with Crippen LogP contribution in [0.25, 0.3) is 0 Å². The average Bonchev–Trinajstić information content (AvgIpc) is 2.49. The third-order valence-corrected chi connectivity index (χ3v) is 3.38. The van der Waals surface area contributed by atoms with Crippen molar-refractivity contribution in [3.63, 3.8) is 0 Å². The summed E-state index contributed by atoms with van der Waals surface area (Å²) in [5, 5.41) is 13.4. The van der Waals surface area contributed by atoms with Crippen molar-refractivity contribution < 1.29 is 19.3 Å². The smallest absolute Gasteiger partial charge is 0.316 e. The Morgan fingerprint density at radius 2 is 2.10 bits per heavy atom. The standard InChI is InChI=1S/C13H21N3O4/c1-18-11-8-20-7-10(12(11)17)6-14-3-9-4-15-13(19-2)16-5-9/h4-5,10-12,14,17H,3,6-8H2,1-2H3/t10-,11-,12+/m1/s1. The predicted octanol–water partition coefficient (Wildman–Crippen LogP) is -0.403. The second-order valence-electron chi connectivity index (χ2n) is 4.77. The van der Waals surface area contributed by atoms with Crippen LogP contribution in [0, 0.1) is 5.92 Å². The fourth-order valence-corrected chi connectivity index (χ4v) is 2.16. The Kier molecular flexibility index (Phi) is 5.66. The summed E-state index contributed by atoms with van der Waals surface area (Å²) in [6, 6.07) is 0.354. The van der Waals surface area contributed by atoms with Gasteiger partial charge < -0.3 is 24.6 Å². The van der Waals surface area contributed by atoms with Gasteiger partial charge in [0.15, 0.2) is 0 Å². The van der Waals surface area contributed by atoms with Crippen molar-refractivity contribution in [1.82, 2.24) is 15.3 Å². The summed E-state index contributed by atoms with van der Waals surface area (Å²) in [6.07, 6.45) is 2.67. The Balaban J connectivity index is 1.77. The molecule has 1 aromatic heterocycles. The van der Waals surface area contributed by atoms with E-state index in [-0.39, 0.29) is 12.0 Å². The Hall–Kier alpha value is -1.28. The van der Waals surface area contributed by atoms with Crippen molar-refractivity contribution in [2.75, 3.05) is 34.0 Å². The van der Waals surface area contributed by atoms with Crippen molar-refractivity contribution in [2.45, 2.75) is 18.8 Å². The minimum absolute atomic E-state index is 0.0212. The fourth-order valence-electron chi connectivity index (χ4n) is 2.16. The van der Waals surface area contributed by atoms with Crippen LogP contribution < -0.4 is 10.1 Å². The summed E-state index contributed by atoms with van der Waals surface area (Å²) in [7, 11) is 3.12. The van der Waals surface area contributed by atoms with Gasteiger partial charge in [0.1, 0.15) is 6.10 Å². The van der Waals surface area contributed by atoms with Crippen LogP contribution in [-0.2, 0) is 16.0 Å². The van der Waals surface area contributed by atoms with Crippen LogP contribution in [0.1, 0.15) is 5.56 Å². The van der Waals surface area contributed by atoms with E-state index in [1.165, 1.54) is 7.11 Å². The van der Waals surface area contributed by atoms with E-state index in [0.29, 0.717) is 32.3 Å². The predicted molar refractivity (Wildman–Crippen MR) is 71.4 cm³/mol. The van der Waals surface area contributed by atoms with Gasteiger partial charge in [-0.1, -0.05) is 0 Å². The Morgan fingerprint density at radius 3 is 2.75 bits per heavy atom. The Labute approximate surface area is 118 Å². The maximum atomic E-state index is 10.1. The van der Waals surface area contributed by atoms with Crippen LogP contribution >= 0.6 is 0 Å². The Morgan fingerprint density at radius 1 is 1.35 bits per heavy atom. The molecule has 1 saturated heterocycles. The zero-order chi connectivity index (χ0) is 14.4. The number of hydrogen-bond acceptors (Lipinski definition) is 7. The third-order valence-electron chi connectivity index (χ3n) is 3.38. The highest BCUT2D eigenvalue weighted by Gasteiger charge is 2.32. The molecule has 20 heavy (non-hydrogen) atoms. The number of aromatic nitrogens is 2. The summed E-state index contributed by atoms with van der Waals surface area (Å²) in [5.41, 5.74) is 0.959. The summed E-state index contributed by atoms with van der Waals surface area (Å²) < 4.78 is 15.5. The van der Waals surface area contributed by atoms with E-state index in [4.69, 9.17) is 14.2 Å². The quantitative estimate of drug-likeness (QED) is 0.734. The van der Waals surface area contributed by atoms with Crippen molar-refractivity contribution in [2.24, 2.45) is 5.92 Å². The highest BCUT2D eigenvalue weighted by Crippen LogP contribution is 2.16. The molecule has 0 saturated carbocycles. The van der Waals surface area contributed by atoms with E-state index in [0.717, 1.165) is 5.56 Å². The first-order valence-corrected chi connectivity index (χ1v) is 6.58. The molecule has 0 bridgehead atoms. The molecule has 1 aromatic rings. The maximum Gasteiger partial charge on any atom is 0.316 e. The molecule has 1 aliphatic rings. The largest absolute Gasteiger partial charge is 0.467 e. The number of aliphatic hydroxyl groups is 1. The first-order valence-electron chi connectivity index (χ1n) is 6.58. The summed E-state index contributed by atoms with van der Waals surface area (Å²) in [4.78, 5) is 8.07. The molecule has 1 aliphatic heterocycles. The summed E-state index contributed by atoms with van der Waals surface area (Å²) >= 11 is 0. The van der Waals surface area contributed by atoms with Gasteiger partial charge in [-0.25, -0.2) is 9.97 Å².